The van der Waals surface area contributed by atoms with E-state index in [1.54, 1.807) is 12.1 Å². The summed E-state index contributed by atoms with van der Waals surface area (Å²) in [5, 5.41) is 18.7. The van der Waals surface area contributed by atoms with E-state index in [0.29, 0.717) is 18.2 Å². The van der Waals surface area contributed by atoms with Crippen LogP contribution in [0.25, 0.3) is 5.57 Å². The number of nitrogens with zero attached hydrogens (tertiary/aromatic N) is 2. The summed E-state index contributed by atoms with van der Waals surface area (Å²) in [6.07, 6.45) is -1.06. The highest BCUT2D eigenvalue weighted by Crippen LogP contribution is 2.43. The van der Waals surface area contributed by atoms with E-state index in [0.717, 1.165) is 59.5 Å². The minimum absolute atomic E-state index is 0.235. The molecule has 0 atom stereocenters. The zero-order valence-electron chi connectivity index (χ0n) is 17.9. The van der Waals surface area contributed by atoms with Crippen LogP contribution in [0, 0.1) is 11.3 Å². The number of halogens is 3. The molecule has 0 amide bonds. The van der Waals surface area contributed by atoms with E-state index in [4.69, 9.17) is 10.5 Å². The lowest BCUT2D eigenvalue weighted by Crippen LogP contribution is -2.34. The van der Waals surface area contributed by atoms with Crippen molar-refractivity contribution in [3.05, 3.63) is 64.5 Å². The molecule has 2 aliphatic carbocycles. The number of hydrogen-bond acceptors (Lipinski definition) is 4. The van der Waals surface area contributed by atoms with E-state index in [1.165, 1.54) is 17.7 Å². The monoisotopic (exact) mass is 428 g/mol. The fraction of sp³-hybridized carbons (Fsp3) is 0.417. The van der Waals surface area contributed by atoms with Gasteiger partial charge in [0.15, 0.2) is 0 Å². The second kappa shape index (κ2) is 8.02. The Morgan fingerprint density at radius 3 is 2.39 bits per heavy atom. The van der Waals surface area contributed by atoms with Crippen LogP contribution >= 0.6 is 0 Å². The van der Waals surface area contributed by atoms with Crippen LogP contribution in [0.2, 0.25) is 0 Å². The Morgan fingerprint density at radius 1 is 1.23 bits per heavy atom. The maximum atomic E-state index is 12.6. The Morgan fingerprint density at radius 2 is 1.87 bits per heavy atom. The molecule has 0 spiro atoms. The lowest BCUT2D eigenvalue weighted by Gasteiger charge is -2.32. The van der Waals surface area contributed by atoms with Gasteiger partial charge in [-0.3, -0.25) is 5.01 Å². The molecule has 1 aromatic carbocycles. The standard InChI is InChI=1S/C24H27F3N4/c1-14(17-6-4-16(5-7-17)12-24(25,26)27)13-31-23(19-10-11-19)20(21(28)18-8-9-18)22(29-3)15(2)30-31/h4-7,18,28-29H,1,8-13H2,2-3H3. The van der Waals surface area contributed by atoms with Crippen molar-refractivity contribution in [2.45, 2.75) is 45.2 Å². The van der Waals surface area contributed by atoms with Gasteiger partial charge in [-0.2, -0.15) is 18.3 Å². The van der Waals surface area contributed by atoms with Crippen LogP contribution < -0.4 is 5.32 Å². The van der Waals surface area contributed by atoms with Crippen molar-refractivity contribution in [3.63, 3.8) is 0 Å². The van der Waals surface area contributed by atoms with Gasteiger partial charge < -0.3 is 10.7 Å². The van der Waals surface area contributed by atoms with Crippen molar-refractivity contribution in [2.75, 3.05) is 13.6 Å². The summed E-state index contributed by atoms with van der Waals surface area (Å²) < 4.78 is 37.9. The third kappa shape index (κ3) is 4.75. The molecule has 0 radical (unpaired) electrons. The highest BCUT2D eigenvalue weighted by Gasteiger charge is 2.38. The second-order valence-electron chi connectivity index (χ2n) is 8.48. The van der Waals surface area contributed by atoms with Gasteiger partial charge in [-0.15, -0.1) is 0 Å². The summed E-state index contributed by atoms with van der Waals surface area (Å²) in [5.41, 5.74) is 7.43. The lowest BCUT2D eigenvalue weighted by atomic mass is 9.95. The minimum atomic E-state index is -4.22. The van der Waals surface area contributed by atoms with Gasteiger partial charge in [-0.25, -0.2) is 0 Å². The van der Waals surface area contributed by atoms with E-state index in [9.17, 15) is 13.2 Å². The van der Waals surface area contributed by atoms with Gasteiger partial charge in [0.1, 0.15) is 0 Å². The van der Waals surface area contributed by atoms with Crippen LogP contribution in [-0.2, 0) is 6.42 Å². The van der Waals surface area contributed by atoms with Gasteiger partial charge in [0.2, 0.25) is 0 Å². The zero-order chi connectivity index (χ0) is 22.3. The molecule has 7 heteroatoms. The van der Waals surface area contributed by atoms with Gasteiger partial charge in [0.05, 0.1) is 30.1 Å². The maximum Gasteiger partial charge on any atom is 0.393 e. The smallest absolute Gasteiger partial charge is 0.386 e. The van der Waals surface area contributed by atoms with Crippen molar-refractivity contribution in [1.29, 1.82) is 5.41 Å². The van der Waals surface area contributed by atoms with Crippen LogP contribution in [0.4, 0.5) is 13.2 Å². The van der Waals surface area contributed by atoms with Crippen LogP contribution in [0.15, 0.2) is 58.5 Å². The largest absolute Gasteiger partial charge is 0.393 e. The van der Waals surface area contributed by atoms with Crippen molar-refractivity contribution < 1.29 is 13.2 Å². The van der Waals surface area contributed by atoms with Crippen LogP contribution in [-0.4, -0.2) is 36.2 Å². The highest BCUT2D eigenvalue weighted by atomic mass is 19.4. The summed E-state index contributed by atoms with van der Waals surface area (Å²) in [5.74, 6) is 0.310. The molecule has 31 heavy (non-hydrogen) atoms. The number of hydrogen-bond donors (Lipinski definition) is 2. The Bertz CT molecular complexity index is 1000. The van der Waals surface area contributed by atoms with Crippen molar-refractivity contribution >= 4 is 17.0 Å². The number of alkyl halides is 3. The number of benzene rings is 1. The molecule has 0 saturated heterocycles. The van der Waals surface area contributed by atoms with Gasteiger partial charge >= 0.3 is 6.18 Å². The van der Waals surface area contributed by atoms with Crippen molar-refractivity contribution in [1.82, 2.24) is 10.3 Å². The SMILES string of the molecule is C=C(CN1N=C(C)C(NC)=C(C(=N)C2CC2)C1=C1CC1)c1ccc(CC(F)(F)F)cc1. The first-order valence-electron chi connectivity index (χ1n) is 10.6. The number of nitrogens with one attached hydrogen (secondary N) is 2. The number of hydrazone groups is 1. The van der Waals surface area contributed by atoms with E-state index in [1.807, 2.05) is 19.0 Å². The maximum absolute atomic E-state index is 12.6. The predicted octanol–water partition coefficient (Wildman–Crippen LogP) is 5.45. The summed E-state index contributed by atoms with van der Waals surface area (Å²) in [7, 11) is 1.86. The third-order valence-corrected chi connectivity index (χ3v) is 5.82. The van der Waals surface area contributed by atoms with E-state index >= 15 is 0 Å². The average molecular weight is 429 g/mol. The Labute approximate surface area is 180 Å². The van der Waals surface area contributed by atoms with Gasteiger partial charge in [0.25, 0.3) is 0 Å². The molecule has 3 aliphatic rings. The summed E-state index contributed by atoms with van der Waals surface area (Å²) in [6, 6.07) is 6.39. The second-order valence-corrected chi connectivity index (χ2v) is 8.48. The minimum Gasteiger partial charge on any atom is -0.386 e. The molecule has 2 saturated carbocycles. The molecule has 2 fully saturated rings. The molecule has 1 aromatic rings. The van der Waals surface area contributed by atoms with Crippen LogP contribution in [0.5, 0.6) is 0 Å². The molecule has 4 nitrogen and oxygen atoms in total. The van der Waals surface area contributed by atoms with E-state index in [2.05, 4.69) is 11.9 Å². The first-order valence-corrected chi connectivity index (χ1v) is 10.6. The molecule has 0 unspecified atom stereocenters. The van der Waals surface area contributed by atoms with Crippen molar-refractivity contribution in [2.24, 2.45) is 11.0 Å². The topological polar surface area (TPSA) is 51.5 Å². The van der Waals surface area contributed by atoms with Crippen molar-refractivity contribution in [3.8, 4) is 0 Å². The van der Waals surface area contributed by atoms with Gasteiger partial charge in [-0.05, 0) is 54.9 Å². The molecule has 0 bridgehead atoms. The Balaban J connectivity index is 1.58. The zero-order valence-corrected chi connectivity index (χ0v) is 17.9. The molecule has 164 valence electrons. The average Bonchev–Trinajstić information content (AvgIpc) is 3.59. The molecule has 0 aromatic heterocycles. The molecule has 4 rings (SSSR count). The molecule has 2 N–H and O–H groups in total. The van der Waals surface area contributed by atoms with E-state index < -0.39 is 12.6 Å². The lowest BCUT2D eigenvalue weighted by molar-refractivity contribution is -0.127. The Kier molecular flexibility index (Phi) is 5.54. The fourth-order valence-electron chi connectivity index (χ4n) is 3.99. The third-order valence-electron chi connectivity index (χ3n) is 5.82. The fourth-order valence-corrected chi connectivity index (χ4v) is 3.99. The summed E-state index contributed by atoms with van der Waals surface area (Å²) in [4.78, 5) is 0. The molecule has 1 aliphatic heterocycles. The molecular formula is C24H27F3N4. The summed E-state index contributed by atoms with van der Waals surface area (Å²) >= 11 is 0. The molecular weight excluding hydrogens is 401 g/mol. The quantitative estimate of drug-likeness (QED) is 0.568. The van der Waals surface area contributed by atoms with Crippen LogP contribution in [0.1, 0.15) is 43.7 Å². The number of rotatable bonds is 7. The Hall–Kier alpha value is -2.83. The molecule has 1 heterocycles. The van der Waals surface area contributed by atoms with E-state index in [-0.39, 0.29) is 5.56 Å². The van der Waals surface area contributed by atoms with Gasteiger partial charge in [-0.1, -0.05) is 30.8 Å². The predicted molar refractivity (Wildman–Crippen MR) is 118 cm³/mol. The highest BCUT2D eigenvalue weighted by molar-refractivity contribution is 6.13. The van der Waals surface area contributed by atoms with Gasteiger partial charge in [0, 0.05) is 24.3 Å². The first-order chi connectivity index (χ1) is 14.7. The van der Waals surface area contributed by atoms with Crippen LogP contribution in [0.3, 0.4) is 0 Å². The normalized spacial score (nSPS) is 18.9. The number of allylic oxidation sites excluding steroid dienone is 3. The summed E-state index contributed by atoms with van der Waals surface area (Å²) in [6.45, 7) is 6.53. The first kappa shape index (κ1) is 21.4.